The molecule has 1 amide bonds. The standard InChI is InChI=1S/C14H19BrN2O/c1-14(2)9-16-7-8-17(10-14)13(18)11-3-5-12(15)6-4-11/h3-6,16H,7-10H2,1-2H3. The Morgan fingerprint density at radius 2 is 2.00 bits per heavy atom. The zero-order valence-corrected chi connectivity index (χ0v) is 12.5. The van der Waals surface area contributed by atoms with Crippen molar-refractivity contribution < 1.29 is 4.79 Å². The van der Waals surface area contributed by atoms with Crippen molar-refractivity contribution in [3.63, 3.8) is 0 Å². The molecule has 0 atom stereocenters. The smallest absolute Gasteiger partial charge is 0.253 e. The molecule has 0 aliphatic carbocycles. The van der Waals surface area contributed by atoms with Gasteiger partial charge in [0.05, 0.1) is 0 Å². The Bertz CT molecular complexity index is 428. The van der Waals surface area contributed by atoms with Crippen LogP contribution in [0.15, 0.2) is 28.7 Å². The lowest BCUT2D eigenvalue weighted by Crippen LogP contribution is -2.39. The predicted octanol–water partition coefficient (Wildman–Crippen LogP) is 2.52. The predicted molar refractivity (Wildman–Crippen MR) is 76.7 cm³/mol. The average molecular weight is 311 g/mol. The summed E-state index contributed by atoms with van der Waals surface area (Å²) in [6, 6.07) is 7.57. The van der Waals surface area contributed by atoms with Crippen molar-refractivity contribution in [1.82, 2.24) is 10.2 Å². The van der Waals surface area contributed by atoms with Gasteiger partial charge in [-0.05, 0) is 29.7 Å². The summed E-state index contributed by atoms with van der Waals surface area (Å²) >= 11 is 3.39. The molecule has 0 unspecified atom stereocenters. The quantitative estimate of drug-likeness (QED) is 0.864. The van der Waals surface area contributed by atoms with E-state index in [-0.39, 0.29) is 11.3 Å². The molecule has 98 valence electrons. The SMILES string of the molecule is CC1(C)CNCCN(C(=O)c2ccc(Br)cc2)C1. The van der Waals surface area contributed by atoms with Crippen molar-refractivity contribution in [2.45, 2.75) is 13.8 Å². The van der Waals surface area contributed by atoms with Crippen LogP contribution in [0.2, 0.25) is 0 Å². The van der Waals surface area contributed by atoms with Crippen LogP contribution in [0, 0.1) is 5.41 Å². The van der Waals surface area contributed by atoms with Crippen LogP contribution in [0.25, 0.3) is 0 Å². The number of amides is 1. The molecule has 0 saturated carbocycles. The van der Waals surface area contributed by atoms with Gasteiger partial charge in [-0.3, -0.25) is 4.79 Å². The fraction of sp³-hybridized carbons (Fsp3) is 0.500. The largest absolute Gasteiger partial charge is 0.337 e. The number of rotatable bonds is 1. The van der Waals surface area contributed by atoms with E-state index in [0.29, 0.717) is 0 Å². The van der Waals surface area contributed by atoms with Gasteiger partial charge in [-0.25, -0.2) is 0 Å². The highest BCUT2D eigenvalue weighted by molar-refractivity contribution is 9.10. The van der Waals surface area contributed by atoms with Crippen molar-refractivity contribution in [2.75, 3.05) is 26.2 Å². The first kappa shape index (κ1) is 13.6. The minimum atomic E-state index is 0.124. The fourth-order valence-corrected chi connectivity index (χ4v) is 2.51. The monoisotopic (exact) mass is 310 g/mol. The normalized spacial score (nSPS) is 19.4. The average Bonchev–Trinajstić information content (AvgIpc) is 2.50. The number of nitrogens with zero attached hydrogens (tertiary/aromatic N) is 1. The Kier molecular flexibility index (Phi) is 4.07. The molecule has 1 N–H and O–H groups in total. The summed E-state index contributed by atoms with van der Waals surface area (Å²) in [6.45, 7) is 7.77. The van der Waals surface area contributed by atoms with Crippen LogP contribution in [0.5, 0.6) is 0 Å². The van der Waals surface area contributed by atoms with Gasteiger partial charge in [-0.15, -0.1) is 0 Å². The van der Waals surface area contributed by atoms with Crippen molar-refractivity contribution in [1.29, 1.82) is 0 Å². The molecule has 1 aliphatic rings. The first-order valence-corrected chi connectivity index (χ1v) is 7.03. The van der Waals surface area contributed by atoms with Gasteiger partial charge >= 0.3 is 0 Å². The Hall–Kier alpha value is -0.870. The first-order valence-electron chi connectivity index (χ1n) is 6.23. The van der Waals surface area contributed by atoms with Crippen molar-refractivity contribution in [3.8, 4) is 0 Å². The molecule has 1 aromatic rings. The maximum absolute atomic E-state index is 12.4. The summed E-state index contributed by atoms with van der Waals surface area (Å²) in [6.07, 6.45) is 0. The lowest BCUT2D eigenvalue weighted by atomic mass is 9.93. The van der Waals surface area contributed by atoms with Crippen LogP contribution in [0.3, 0.4) is 0 Å². The molecule has 1 aliphatic heterocycles. The minimum Gasteiger partial charge on any atom is -0.337 e. The Morgan fingerprint density at radius 3 is 2.67 bits per heavy atom. The van der Waals surface area contributed by atoms with Gasteiger partial charge < -0.3 is 10.2 Å². The van der Waals surface area contributed by atoms with Gasteiger partial charge in [-0.1, -0.05) is 29.8 Å². The number of hydrogen-bond acceptors (Lipinski definition) is 2. The van der Waals surface area contributed by atoms with E-state index in [1.807, 2.05) is 29.2 Å². The fourth-order valence-electron chi connectivity index (χ4n) is 2.24. The van der Waals surface area contributed by atoms with E-state index in [9.17, 15) is 4.79 Å². The van der Waals surface area contributed by atoms with Crippen molar-refractivity contribution in [3.05, 3.63) is 34.3 Å². The van der Waals surface area contributed by atoms with Crippen LogP contribution in [0.4, 0.5) is 0 Å². The molecule has 1 aromatic carbocycles. The first-order chi connectivity index (χ1) is 8.48. The summed E-state index contributed by atoms with van der Waals surface area (Å²) in [5, 5.41) is 3.38. The third kappa shape index (κ3) is 3.33. The van der Waals surface area contributed by atoms with Gasteiger partial charge in [0, 0.05) is 36.2 Å². The van der Waals surface area contributed by atoms with E-state index in [1.165, 1.54) is 0 Å². The molecule has 0 aromatic heterocycles. The van der Waals surface area contributed by atoms with Gasteiger partial charge in [-0.2, -0.15) is 0 Å². The van der Waals surface area contributed by atoms with Gasteiger partial charge in [0.25, 0.3) is 5.91 Å². The molecule has 3 nitrogen and oxygen atoms in total. The van der Waals surface area contributed by atoms with Crippen molar-refractivity contribution >= 4 is 21.8 Å². The number of nitrogens with one attached hydrogen (secondary N) is 1. The highest BCUT2D eigenvalue weighted by Crippen LogP contribution is 2.20. The molecule has 4 heteroatoms. The molecule has 1 fully saturated rings. The van der Waals surface area contributed by atoms with E-state index in [1.54, 1.807) is 0 Å². The summed E-state index contributed by atoms with van der Waals surface area (Å²) in [7, 11) is 0. The molecular weight excluding hydrogens is 292 g/mol. The summed E-state index contributed by atoms with van der Waals surface area (Å²) in [5.41, 5.74) is 0.887. The number of carbonyl (C=O) groups is 1. The van der Waals surface area contributed by atoms with Gasteiger partial charge in [0.1, 0.15) is 0 Å². The highest BCUT2D eigenvalue weighted by atomic mass is 79.9. The third-order valence-electron chi connectivity index (χ3n) is 3.16. The Labute approximate surface area is 117 Å². The van der Waals surface area contributed by atoms with E-state index in [0.717, 1.165) is 36.2 Å². The van der Waals surface area contributed by atoms with Crippen LogP contribution in [-0.2, 0) is 0 Å². The number of carbonyl (C=O) groups excluding carboxylic acids is 1. The topological polar surface area (TPSA) is 32.3 Å². The van der Waals surface area contributed by atoms with Crippen molar-refractivity contribution in [2.24, 2.45) is 5.41 Å². The lowest BCUT2D eigenvalue weighted by Gasteiger charge is -2.29. The lowest BCUT2D eigenvalue weighted by molar-refractivity contribution is 0.0717. The van der Waals surface area contributed by atoms with Crippen LogP contribution in [-0.4, -0.2) is 37.0 Å². The van der Waals surface area contributed by atoms with Gasteiger partial charge in [0.2, 0.25) is 0 Å². The zero-order valence-electron chi connectivity index (χ0n) is 10.9. The second kappa shape index (κ2) is 5.41. The molecular formula is C14H19BrN2O. The van der Waals surface area contributed by atoms with E-state index < -0.39 is 0 Å². The summed E-state index contributed by atoms with van der Waals surface area (Å²) < 4.78 is 0.997. The maximum Gasteiger partial charge on any atom is 0.253 e. The third-order valence-corrected chi connectivity index (χ3v) is 3.69. The molecule has 0 bridgehead atoms. The second-order valence-electron chi connectivity index (χ2n) is 5.57. The zero-order chi connectivity index (χ0) is 13.2. The summed E-state index contributed by atoms with van der Waals surface area (Å²) in [4.78, 5) is 14.4. The molecule has 1 saturated heterocycles. The van der Waals surface area contributed by atoms with Crippen LogP contribution < -0.4 is 5.32 Å². The molecule has 1 heterocycles. The maximum atomic E-state index is 12.4. The Balaban J connectivity index is 2.14. The minimum absolute atomic E-state index is 0.124. The number of hydrogen-bond donors (Lipinski definition) is 1. The van der Waals surface area contributed by atoms with E-state index >= 15 is 0 Å². The molecule has 0 radical (unpaired) electrons. The van der Waals surface area contributed by atoms with E-state index in [2.05, 4.69) is 35.1 Å². The Morgan fingerprint density at radius 1 is 1.33 bits per heavy atom. The molecule has 0 spiro atoms. The summed E-state index contributed by atoms with van der Waals surface area (Å²) in [5.74, 6) is 0.124. The number of halogens is 1. The second-order valence-corrected chi connectivity index (χ2v) is 6.49. The molecule has 2 rings (SSSR count). The van der Waals surface area contributed by atoms with Crippen LogP contribution in [0.1, 0.15) is 24.2 Å². The van der Waals surface area contributed by atoms with E-state index in [4.69, 9.17) is 0 Å². The number of benzene rings is 1. The molecule has 18 heavy (non-hydrogen) atoms. The highest BCUT2D eigenvalue weighted by Gasteiger charge is 2.27. The van der Waals surface area contributed by atoms with Crippen LogP contribution >= 0.6 is 15.9 Å². The van der Waals surface area contributed by atoms with Gasteiger partial charge in [0.15, 0.2) is 0 Å².